The monoisotopic (exact) mass is 361 g/mol. The molecule has 132 valence electrons. The highest BCUT2D eigenvalue weighted by molar-refractivity contribution is 6.31. The summed E-state index contributed by atoms with van der Waals surface area (Å²) in [6, 6.07) is 14.2. The molecule has 1 N–H and O–H groups in total. The first-order valence-corrected chi connectivity index (χ1v) is 8.28. The van der Waals surface area contributed by atoms with E-state index in [2.05, 4.69) is 5.32 Å². The number of rotatable bonds is 7. The predicted octanol–water partition coefficient (Wildman–Crippen LogP) is 4.02. The molecule has 1 amide bonds. The lowest BCUT2D eigenvalue weighted by Crippen LogP contribution is -2.24. The van der Waals surface area contributed by atoms with Crippen molar-refractivity contribution in [3.05, 3.63) is 59.1 Å². The van der Waals surface area contributed by atoms with Gasteiger partial charge in [0, 0.05) is 5.02 Å². The number of carbonyl (C=O) groups is 2. The Kier molecular flexibility index (Phi) is 6.83. The highest BCUT2D eigenvalue weighted by atomic mass is 35.5. The lowest BCUT2D eigenvalue weighted by molar-refractivity contribution is -0.149. The summed E-state index contributed by atoms with van der Waals surface area (Å²) in [5.41, 5.74) is 1.29. The molecule has 0 unspecified atom stereocenters. The van der Waals surface area contributed by atoms with E-state index in [0.717, 1.165) is 5.56 Å². The van der Waals surface area contributed by atoms with Gasteiger partial charge in [0.2, 0.25) is 0 Å². The zero-order valence-electron chi connectivity index (χ0n) is 14.1. The van der Waals surface area contributed by atoms with Gasteiger partial charge in [-0.15, -0.1) is 0 Å². The third-order valence-electron chi connectivity index (χ3n) is 3.68. The van der Waals surface area contributed by atoms with Gasteiger partial charge in [0.25, 0.3) is 5.91 Å². The minimum Gasteiger partial charge on any atom is -0.495 e. The van der Waals surface area contributed by atoms with E-state index in [0.29, 0.717) is 22.9 Å². The number of hydrogen-bond acceptors (Lipinski definition) is 4. The molecule has 0 heterocycles. The Morgan fingerprint density at radius 2 is 1.88 bits per heavy atom. The van der Waals surface area contributed by atoms with Crippen molar-refractivity contribution in [1.82, 2.24) is 0 Å². The van der Waals surface area contributed by atoms with Gasteiger partial charge in [0.1, 0.15) is 5.75 Å². The van der Waals surface area contributed by atoms with Crippen LogP contribution in [-0.4, -0.2) is 25.6 Å². The van der Waals surface area contributed by atoms with Crippen molar-refractivity contribution < 1.29 is 19.1 Å². The fourth-order valence-corrected chi connectivity index (χ4v) is 2.60. The van der Waals surface area contributed by atoms with Crippen molar-refractivity contribution in [2.24, 2.45) is 0 Å². The Morgan fingerprint density at radius 3 is 2.52 bits per heavy atom. The van der Waals surface area contributed by atoms with Crippen LogP contribution in [0.1, 0.15) is 24.8 Å². The first-order chi connectivity index (χ1) is 12.0. The van der Waals surface area contributed by atoms with Crippen LogP contribution in [0, 0.1) is 0 Å². The first-order valence-electron chi connectivity index (χ1n) is 7.90. The van der Waals surface area contributed by atoms with Gasteiger partial charge < -0.3 is 14.8 Å². The summed E-state index contributed by atoms with van der Waals surface area (Å²) in [5.74, 6) is -0.812. The lowest BCUT2D eigenvalue weighted by Gasteiger charge is -2.15. The first kappa shape index (κ1) is 18.8. The van der Waals surface area contributed by atoms with E-state index in [1.165, 1.54) is 7.11 Å². The average molecular weight is 362 g/mol. The second-order valence-electron chi connectivity index (χ2n) is 5.37. The minimum absolute atomic E-state index is 0.377. The number of hydrogen-bond donors (Lipinski definition) is 1. The van der Waals surface area contributed by atoms with E-state index < -0.39 is 17.8 Å². The molecule has 0 bridgehead atoms. The van der Waals surface area contributed by atoms with Crippen molar-refractivity contribution in [2.75, 3.05) is 19.0 Å². The maximum Gasteiger partial charge on any atom is 0.313 e. The zero-order chi connectivity index (χ0) is 18.2. The summed E-state index contributed by atoms with van der Waals surface area (Å²) >= 11 is 5.92. The normalized spacial score (nSPS) is 11.5. The number of anilines is 1. The average Bonchev–Trinajstić information content (AvgIpc) is 2.62. The molecule has 2 aromatic rings. The van der Waals surface area contributed by atoms with Crippen LogP contribution >= 0.6 is 11.6 Å². The van der Waals surface area contributed by atoms with Crippen LogP contribution in [0.25, 0.3) is 0 Å². The summed E-state index contributed by atoms with van der Waals surface area (Å²) in [6.45, 7) is 1.52. The molecule has 6 heteroatoms. The maximum atomic E-state index is 12.3. The molecule has 0 aliphatic carbocycles. The van der Waals surface area contributed by atoms with Gasteiger partial charge in [-0.1, -0.05) is 48.9 Å². The van der Waals surface area contributed by atoms with Crippen molar-refractivity contribution >= 4 is 29.2 Å². The van der Waals surface area contributed by atoms with Crippen molar-refractivity contribution in [3.63, 3.8) is 0 Å². The van der Waals surface area contributed by atoms with Gasteiger partial charge in [-0.25, -0.2) is 0 Å². The molecule has 5 nitrogen and oxygen atoms in total. The predicted molar refractivity (Wildman–Crippen MR) is 97.1 cm³/mol. The fourth-order valence-electron chi connectivity index (χ4n) is 2.43. The number of benzene rings is 2. The Morgan fingerprint density at radius 1 is 1.16 bits per heavy atom. The Bertz CT molecular complexity index is 733. The number of amides is 1. The molecule has 0 aromatic heterocycles. The summed E-state index contributed by atoms with van der Waals surface area (Å²) in [6.07, 6.45) is 0.590. The molecule has 0 aliphatic heterocycles. The molecule has 0 saturated carbocycles. The molecular weight excluding hydrogens is 342 g/mol. The van der Waals surface area contributed by atoms with Crippen LogP contribution in [0.5, 0.6) is 5.75 Å². The van der Waals surface area contributed by atoms with Gasteiger partial charge in [-0.3, -0.25) is 9.59 Å². The van der Waals surface area contributed by atoms with Gasteiger partial charge in [0.15, 0.2) is 6.61 Å². The minimum atomic E-state index is -0.461. The number of carbonyl (C=O) groups excluding carboxylic acids is 2. The Labute approximate surface area is 151 Å². The molecule has 2 rings (SSSR count). The number of nitrogens with one attached hydrogen (secondary N) is 1. The van der Waals surface area contributed by atoms with Gasteiger partial charge in [0.05, 0.1) is 18.7 Å². The number of methoxy groups -OCH3 is 1. The molecule has 0 aliphatic rings. The van der Waals surface area contributed by atoms with E-state index in [1.54, 1.807) is 18.2 Å². The van der Waals surface area contributed by atoms with Crippen molar-refractivity contribution in [2.45, 2.75) is 19.3 Å². The molecule has 0 fully saturated rings. The van der Waals surface area contributed by atoms with E-state index in [4.69, 9.17) is 21.1 Å². The van der Waals surface area contributed by atoms with E-state index in [-0.39, 0.29) is 6.61 Å². The van der Waals surface area contributed by atoms with Crippen molar-refractivity contribution in [1.29, 1.82) is 0 Å². The number of ether oxygens (including phenoxy) is 2. The van der Waals surface area contributed by atoms with Crippen LogP contribution < -0.4 is 10.1 Å². The third-order valence-corrected chi connectivity index (χ3v) is 3.91. The Hall–Kier alpha value is -2.53. The Balaban J connectivity index is 1.95. The van der Waals surface area contributed by atoms with Crippen LogP contribution in [0.4, 0.5) is 5.69 Å². The van der Waals surface area contributed by atoms with Crippen LogP contribution in [0.3, 0.4) is 0 Å². The number of esters is 1. The highest BCUT2D eigenvalue weighted by Gasteiger charge is 2.21. The molecule has 0 spiro atoms. The molecule has 1 atom stereocenters. The topological polar surface area (TPSA) is 64.6 Å². The van der Waals surface area contributed by atoms with Gasteiger partial charge in [-0.05, 0) is 30.2 Å². The maximum absolute atomic E-state index is 12.3. The second-order valence-corrected chi connectivity index (χ2v) is 5.81. The largest absolute Gasteiger partial charge is 0.495 e. The van der Waals surface area contributed by atoms with Crippen LogP contribution in [0.2, 0.25) is 5.02 Å². The summed E-state index contributed by atoms with van der Waals surface area (Å²) < 4.78 is 10.3. The van der Waals surface area contributed by atoms with E-state index in [9.17, 15) is 9.59 Å². The summed E-state index contributed by atoms with van der Waals surface area (Å²) in [4.78, 5) is 24.3. The van der Waals surface area contributed by atoms with Gasteiger partial charge >= 0.3 is 5.97 Å². The number of halogens is 1. The fraction of sp³-hybridized carbons (Fsp3) is 0.263. The van der Waals surface area contributed by atoms with Crippen LogP contribution in [-0.2, 0) is 14.3 Å². The quantitative estimate of drug-likeness (QED) is 0.756. The smallest absolute Gasteiger partial charge is 0.313 e. The standard InChI is InChI=1S/C19H20ClNO4/c1-3-15(13-7-5-4-6-8-13)19(23)25-12-18(22)21-16-11-14(20)9-10-17(16)24-2/h4-11,15H,3,12H2,1-2H3,(H,21,22)/t15-/m1/s1. The van der Waals surface area contributed by atoms with E-state index in [1.807, 2.05) is 37.3 Å². The highest BCUT2D eigenvalue weighted by Crippen LogP contribution is 2.27. The molecule has 2 aromatic carbocycles. The molecular formula is C19H20ClNO4. The zero-order valence-corrected chi connectivity index (χ0v) is 14.9. The lowest BCUT2D eigenvalue weighted by atomic mass is 9.97. The van der Waals surface area contributed by atoms with Crippen LogP contribution in [0.15, 0.2) is 48.5 Å². The molecule has 25 heavy (non-hydrogen) atoms. The SMILES string of the molecule is CC[C@@H](C(=O)OCC(=O)Nc1cc(Cl)ccc1OC)c1ccccc1. The van der Waals surface area contributed by atoms with Gasteiger partial charge in [-0.2, -0.15) is 0 Å². The van der Waals surface area contributed by atoms with E-state index >= 15 is 0 Å². The van der Waals surface area contributed by atoms with Crippen molar-refractivity contribution in [3.8, 4) is 5.75 Å². The third kappa shape index (κ3) is 5.22. The summed E-state index contributed by atoms with van der Waals surface area (Å²) in [7, 11) is 1.49. The summed E-state index contributed by atoms with van der Waals surface area (Å²) in [5, 5.41) is 3.09. The second kappa shape index (κ2) is 9.08. The molecule has 0 radical (unpaired) electrons. The molecule has 0 saturated heterocycles.